The molecule has 0 aromatic heterocycles. The molecule has 0 fully saturated rings. The third-order valence-corrected chi connectivity index (χ3v) is 2.41. The van der Waals surface area contributed by atoms with E-state index in [0.29, 0.717) is 17.4 Å². The zero-order chi connectivity index (χ0) is 15.3. The SMILES string of the molecule is C=C(C)C#Cc1c(O)cc(C=CC(=C)C)c(O)c1C=O. The summed E-state index contributed by atoms with van der Waals surface area (Å²) in [6.45, 7) is 10.8. The first kappa shape index (κ1) is 15.3. The molecule has 0 aliphatic heterocycles. The first-order chi connectivity index (χ1) is 9.36. The maximum absolute atomic E-state index is 11.1. The van der Waals surface area contributed by atoms with Crippen molar-refractivity contribution in [2.24, 2.45) is 0 Å². The van der Waals surface area contributed by atoms with E-state index >= 15 is 0 Å². The summed E-state index contributed by atoms with van der Waals surface area (Å²) < 4.78 is 0. The Bertz CT molecular complexity index is 668. The third kappa shape index (κ3) is 3.63. The van der Waals surface area contributed by atoms with Crippen LogP contribution in [-0.4, -0.2) is 16.5 Å². The summed E-state index contributed by atoms with van der Waals surface area (Å²) in [5.41, 5.74) is 1.75. The minimum absolute atomic E-state index is 0.0416. The van der Waals surface area contributed by atoms with Crippen LogP contribution >= 0.6 is 0 Å². The molecule has 1 rings (SSSR count). The maximum Gasteiger partial charge on any atom is 0.155 e. The summed E-state index contributed by atoms with van der Waals surface area (Å²) in [7, 11) is 0. The quantitative estimate of drug-likeness (QED) is 0.382. The van der Waals surface area contributed by atoms with Crippen molar-refractivity contribution in [3.63, 3.8) is 0 Å². The lowest BCUT2D eigenvalue weighted by molar-refractivity contribution is 0.112. The molecule has 1 aromatic carbocycles. The summed E-state index contributed by atoms with van der Waals surface area (Å²) in [6.07, 6.45) is 3.71. The van der Waals surface area contributed by atoms with Crippen LogP contribution in [0.4, 0.5) is 0 Å². The van der Waals surface area contributed by atoms with Gasteiger partial charge >= 0.3 is 0 Å². The predicted molar refractivity (Wildman–Crippen MR) is 80.7 cm³/mol. The molecule has 0 atom stereocenters. The smallest absolute Gasteiger partial charge is 0.155 e. The van der Waals surface area contributed by atoms with Crippen molar-refractivity contribution < 1.29 is 15.0 Å². The molecule has 102 valence electrons. The largest absolute Gasteiger partial charge is 0.507 e. The number of carbonyl (C=O) groups is 1. The molecule has 0 radical (unpaired) electrons. The normalized spacial score (nSPS) is 9.90. The molecule has 0 amide bonds. The van der Waals surface area contributed by atoms with Gasteiger partial charge in [-0.15, -0.1) is 0 Å². The van der Waals surface area contributed by atoms with E-state index < -0.39 is 0 Å². The van der Waals surface area contributed by atoms with Crippen molar-refractivity contribution in [1.82, 2.24) is 0 Å². The average molecular weight is 268 g/mol. The van der Waals surface area contributed by atoms with E-state index in [1.54, 1.807) is 26.0 Å². The molecule has 0 bridgehead atoms. The van der Waals surface area contributed by atoms with E-state index in [0.717, 1.165) is 5.57 Å². The Labute approximate surface area is 118 Å². The summed E-state index contributed by atoms with van der Waals surface area (Å²) in [4.78, 5) is 11.1. The monoisotopic (exact) mass is 268 g/mol. The Hall–Kier alpha value is -2.73. The van der Waals surface area contributed by atoms with Crippen LogP contribution in [0.2, 0.25) is 0 Å². The van der Waals surface area contributed by atoms with Crippen LogP contribution in [0, 0.1) is 11.8 Å². The number of hydrogen-bond acceptors (Lipinski definition) is 3. The number of allylic oxidation sites excluding steroid dienone is 3. The van der Waals surface area contributed by atoms with Crippen LogP contribution in [0.5, 0.6) is 11.5 Å². The zero-order valence-corrected chi connectivity index (χ0v) is 11.5. The van der Waals surface area contributed by atoms with Gasteiger partial charge in [0.25, 0.3) is 0 Å². The van der Waals surface area contributed by atoms with Gasteiger partial charge in [-0.25, -0.2) is 0 Å². The fraction of sp³-hybridized carbons (Fsp3) is 0.118. The molecule has 0 saturated heterocycles. The van der Waals surface area contributed by atoms with Gasteiger partial charge in [0.15, 0.2) is 6.29 Å². The van der Waals surface area contributed by atoms with Gasteiger partial charge in [0, 0.05) is 5.56 Å². The molecular weight excluding hydrogens is 252 g/mol. The highest BCUT2D eigenvalue weighted by molar-refractivity contribution is 5.88. The highest BCUT2D eigenvalue weighted by Crippen LogP contribution is 2.32. The van der Waals surface area contributed by atoms with Gasteiger partial charge in [0.2, 0.25) is 0 Å². The average Bonchev–Trinajstić information content (AvgIpc) is 2.37. The lowest BCUT2D eigenvalue weighted by Gasteiger charge is -2.07. The van der Waals surface area contributed by atoms with Crippen LogP contribution in [0.3, 0.4) is 0 Å². The molecule has 0 aliphatic rings. The first-order valence-corrected chi connectivity index (χ1v) is 5.92. The summed E-state index contributed by atoms with van der Waals surface area (Å²) >= 11 is 0. The fourth-order valence-corrected chi connectivity index (χ4v) is 1.47. The molecule has 3 nitrogen and oxygen atoms in total. The van der Waals surface area contributed by atoms with E-state index in [1.165, 1.54) is 6.07 Å². The van der Waals surface area contributed by atoms with Crippen LogP contribution in [-0.2, 0) is 0 Å². The molecule has 0 saturated carbocycles. The molecule has 2 N–H and O–H groups in total. The van der Waals surface area contributed by atoms with E-state index in [-0.39, 0.29) is 22.6 Å². The zero-order valence-electron chi connectivity index (χ0n) is 11.5. The predicted octanol–water partition coefficient (Wildman–Crippen LogP) is 3.43. The van der Waals surface area contributed by atoms with Gasteiger partial charge in [0.1, 0.15) is 11.5 Å². The Morgan fingerprint density at radius 3 is 2.45 bits per heavy atom. The lowest BCUT2D eigenvalue weighted by Crippen LogP contribution is -1.92. The number of hydrogen-bond donors (Lipinski definition) is 2. The molecular formula is C17H16O3. The molecule has 0 heterocycles. The summed E-state index contributed by atoms with van der Waals surface area (Å²) in [6, 6.07) is 1.35. The number of aromatic hydroxyl groups is 2. The van der Waals surface area contributed by atoms with Crippen molar-refractivity contribution in [3.8, 4) is 23.3 Å². The highest BCUT2D eigenvalue weighted by atomic mass is 16.3. The first-order valence-electron chi connectivity index (χ1n) is 5.92. The molecule has 3 heteroatoms. The maximum atomic E-state index is 11.1. The second-order valence-electron chi connectivity index (χ2n) is 4.45. The topological polar surface area (TPSA) is 57.5 Å². The Morgan fingerprint density at radius 2 is 1.95 bits per heavy atom. The van der Waals surface area contributed by atoms with E-state index in [1.807, 2.05) is 0 Å². The van der Waals surface area contributed by atoms with E-state index in [2.05, 4.69) is 25.0 Å². The summed E-state index contributed by atoms with van der Waals surface area (Å²) in [5.74, 6) is 4.91. The van der Waals surface area contributed by atoms with E-state index in [9.17, 15) is 15.0 Å². The number of phenolic OH excluding ortho intramolecular Hbond substituents is 2. The minimum Gasteiger partial charge on any atom is -0.507 e. The minimum atomic E-state index is -0.221. The lowest BCUT2D eigenvalue weighted by atomic mass is 10.0. The van der Waals surface area contributed by atoms with Crippen molar-refractivity contribution in [3.05, 3.63) is 53.1 Å². The summed E-state index contributed by atoms with van der Waals surface area (Å²) in [5, 5.41) is 20.0. The number of benzene rings is 1. The highest BCUT2D eigenvalue weighted by Gasteiger charge is 2.14. The number of phenols is 2. The fourth-order valence-electron chi connectivity index (χ4n) is 1.47. The molecule has 20 heavy (non-hydrogen) atoms. The van der Waals surface area contributed by atoms with Crippen LogP contribution < -0.4 is 0 Å². The van der Waals surface area contributed by atoms with Crippen molar-refractivity contribution in [2.75, 3.05) is 0 Å². The standard InChI is InChI=1S/C17H16O3/c1-11(2)5-7-13-9-16(19)14(8-6-12(3)4)15(10-18)17(13)20/h5,7,9-10,19-20H,1,3H2,2,4H3. The van der Waals surface area contributed by atoms with Crippen molar-refractivity contribution in [1.29, 1.82) is 0 Å². The van der Waals surface area contributed by atoms with Crippen molar-refractivity contribution in [2.45, 2.75) is 13.8 Å². The Kier molecular flexibility index (Phi) is 4.94. The van der Waals surface area contributed by atoms with Crippen LogP contribution in [0.25, 0.3) is 6.08 Å². The Morgan fingerprint density at radius 1 is 1.30 bits per heavy atom. The molecule has 0 aliphatic carbocycles. The van der Waals surface area contributed by atoms with Crippen LogP contribution in [0.15, 0.2) is 36.4 Å². The second kappa shape index (κ2) is 6.44. The number of carbonyl (C=O) groups excluding carboxylic acids is 1. The molecule has 0 unspecified atom stereocenters. The molecule has 1 aromatic rings. The Balaban J connectivity index is 3.49. The van der Waals surface area contributed by atoms with Gasteiger partial charge in [-0.2, -0.15) is 0 Å². The van der Waals surface area contributed by atoms with Crippen molar-refractivity contribution >= 4 is 12.4 Å². The van der Waals surface area contributed by atoms with Gasteiger partial charge in [-0.1, -0.05) is 42.7 Å². The second-order valence-corrected chi connectivity index (χ2v) is 4.45. The number of aldehydes is 1. The third-order valence-electron chi connectivity index (χ3n) is 2.41. The number of rotatable bonds is 3. The van der Waals surface area contributed by atoms with Gasteiger partial charge < -0.3 is 10.2 Å². The molecule has 0 spiro atoms. The van der Waals surface area contributed by atoms with Crippen LogP contribution in [0.1, 0.15) is 35.3 Å². The van der Waals surface area contributed by atoms with E-state index in [4.69, 9.17) is 0 Å². The van der Waals surface area contributed by atoms with Gasteiger partial charge in [0.05, 0.1) is 11.1 Å². The van der Waals surface area contributed by atoms with Gasteiger partial charge in [-0.05, 0) is 25.5 Å². The van der Waals surface area contributed by atoms with Gasteiger partial charge in [-0.3, -0.25) is 4.79 Å².